The zero-order valence-electron chi connectivity index (χ0n) is 17.8. The number of aryl methyl sites for hydroxylation is 2. The highest BCUT2D eigenvalue weighted by molar-refractivity contribution is 5.94. The minimum Gasteiger partial charge on any atom is -0.339 e. The quantitative estimate of drug-likeness (QED) is 0.492. The number of nitrogens with zero attached hydrogens (tertiary/aromatic N) is 6. The van der Waals surface area contributed by atoms with E-state index in [2.05, 4.69) is 25.1 Å². The first-order valence-electron chi connectivity index (χ1n) is 10.5. The standard InChI is InChI=1S/C24H22N6O2/c1-15-5-6-17(10-16(15)2)24(31)30-13-19(18-4-3-7-25-11-18)20(14-30)23-28-22(29-32-23)21-12-26-8-9-27-21/h3-12,19-20H,13-14H2,1-2H3/t19-,20+/m0/s1. The van der Waals surface area contributed by atoms with Crippen molar-refractivity contribution in [2.24, 2.45) is 0 Å². The highest BCUT2D eigenvalue weighted by atomic mass is 16.5. The molecule has 5 rings (SSSR count). The first kappa shape index (κ1) is 20.0. The molecule has 8 nitrogen and oxygen atoms in total. The van der Waals surface area contributed by atoms with E-state index in [4.69, 9.17) is 4.52 Å². The molecule has 0 unspecified atom stereocenters. The molecular weight excluding hydrogens is 404 g/mol. The van der Waals surface area contributed by atoms with Crippen molar-refractivity contribution in [3.63, 3.8) is 0 Å². The maximum atomic E-state index is 13.3. The van der Waals surface area contributed by atoms with E-state index in [9.17, 15) is 4.79 Å². The summed E-state index contributed by atoms with van der Waals surface area (Å²) in [6.45, 7) is 5.08. The van der Waals surface area contributed by atoms with Gasteiger partial charge < -0.3 is 9.42 Å². The van der Waals surface area contributed by atoms with Gasteiger partial charge in [-0.15, -0.1) is 0 Å². The Kier molecular flexibility index (Phi) is 5.18. The molecule has 4 heterocycles. The Labute approximate surface area is 185 Å². The van der Waals surface area contributed by atoms with Gasteiger partial charge in [0.25, 0.3) is 5.91 Å². The number of amides is 1. The van der Waals surface area contributed by atoms with Crippen LogP contribution in [0.15, 0.2) is 65.8 Å². The first-order chi connectivity index (χ1) is 15.6. The van der Waals surface area contributed by atoms with Gasteiger partial charge in [0.1, 0.15) is 5.69 Å². The summed E-state index contributed by atoms with van der Waals surface area (Å²) >= 11 is 0. The first-order valence-corrected chi connectivity index (χ1v) is 10.5. The molecule has 1 aliphatic heterocycles. The second kappa shape index (κ2) is 8.30. The molecule has 0 bridgehead atoms. The van der Waals surface area contributed by atoms with Crippen molar-refractivity contribution in [3.05, 3.63) is 89.5 Å². The van der Waals surface area contributed by atoms with Gasteiger partial charge in [0.05, 0.1) is 12.1 Å². The van der Waals surface area contributed by atoms with Crippen LogP contribution in [0.3, 0.4) is 0 Å². The van der Waals surface area contributed by atoms with Gasteiger partial charge in [0.2, 0.25) is 11.7 Å². The van der Waals surface area contributed by atoms with Crippen LogP contribution in [0.1, 0.15) is 44.8 Å². The Morgan fingerprint density at radius 1 is 1.00 bits per heavy atom. The lowest BCUT2D eigenvalue weighted by molar-refractivity contribution is 0.0788. The van der Waals surface area contributed by atoms with E-state index < -0.39 is 0 Å². The number of benzene rings is 1. The van der Waals surface area contributed by atoms with Gasteiger partial charge in [-0.2, -0.15) is 4.98 Å². The number of carbonyl (C=O) groups excluding carboxylic acids is 1. The van der Waals surface area contributed by atoms with E-state index in [1.54, 1.807) is 24.8 Å². The van der Waals surface area contributed by atoms with Crippen LogP contribution in [0, 0.1) is 13.8 Å². The van der Waals surface area contributed by atoms with Crippen molar-refractivity contribution in [3.8, 4) is 11.5 Å². The molecule has 4 aromatic rings. The molecule has 0 N–H and O–H groups in total. The van der Waals surface area contributed by atoms with E-state index in [0.717, 1.165) is 16.7 Å². The van der Waals surface area contributed by atoms with E-state index in [0.29, 0.717) is 36.1 Å². The number of likely N-dealkylation sites (tertiary alicyclic amines) is 1. The van der Waals surface area contributed by atoms with Crippen LogP contribution >= 0.6 is 0 Å². The molecule has 0 aliphatic carbocycles. The van der Waals surface area contributed by atoms with Gasteiger partial charge >= 0.3 is 0 Å². The number of carbonyl (C=O) groups is 1. The zero-order valence-corrected chi connectivity index (χ0v) is 17.8. The largest absolute Gasteiger partial charge is 0.339 e. The molecule has 0 spiro atoms. The van der Waals surface area contributed by atoms with Crippen LogP contribution < -0.4 is 0 Å². The number of hydrogen-bond donors (Lipinski definition) is 0. The minimum absolute atomic E-state index is 0.00171. The maximum Gasteiger partial charge on any atom is 0.253 e. The number of aromatic nitrogens is 5. The minimum atomic E-state index is -0.146. The topological polar surface area (TPSA) is 97.9 Å². The Hall–Kier alpha value is -3.94. The Morgan fingerprint density at radius 3 is 2.59 bits per heavy atom. The predicted octanol–water partition coefficient (Wildman–Crippen LogP) is 3.56. The Morgan fingerprint density at radius 2 is 1.84 bits per heavy atom. The van der Waals surface area contributed by atoms with Crippen molar-refractivity contribution >= 4 is 5.91 Å². The average molecular weight is 426 g/mol. The van der Waals surface area contributed by atoms with Crippen molar-refractivity contribution in [1.29, 1.82) is 0 Å². The fraction of sp³-hybridized carbons (Fsp3) is 0.250. The summed E-state index contributed by atoms with van der Waals surface area (Å²) in [6.07, 6.45) is 8.35. The van der Waals surface area contributed by atoms with Crippen molar-refractivity contribution in [2.45, 2.75) is 25.7 Å². The lowest BCUT2D eigenvalue weighted by Gasteiger charge is -2.17. The van der Waals surface area contributed by atoms with Crippen molar-refractivity contribution in [2.75, 3.05) is 13.1 Å². The highest BCUT2D eigenvalue weighted by Crippen LogP contribution is 2.39. The summed E-state index contributed by atoms with van der Waals surface area (Å²) in [5.74, 6) is 0.715. The SMILES string of the molecule is Cc1ccc(C(=O)N2C[C@@H](c3cccnc3)[C@H](c3nc(-c4cnccn4)no3)C2)cc1C. The summed E-state index contributed by atoms with van der Waals surface area (Å²) in [4.78, 5) is 32.3. The molecule has 1 aromatic carbocycles. The van der Waals surface area contributed by atoms with Gasteiger partial charge in [-0.1, -0.05) is 17.3 Å². The smallest absolute Gasteiger partial charge is 0.253 e. The summed E-state index contributed by atoms with van der Waals surface area (Å²) in [5.41, 5.74) is 4.52. The molecule has 3 aromatic heterocycles. The molecule has 0 saturated carbocycles. The Bertz CT molecular complexity index is 1240. The molecular formula is C24H22N6O2. The van der Waals surface area contributed by atoms with Crippen molar-refractivity contribution < 1.29 is 9.32 Å². The van der Waals surface area contributed by atoms with Crippen LogP contribution in [0.4, 0.5) is 0 Å². The monoisotopic (exact) mass is 426 g/mol. The van der Waals surface area contributed by atoms with Gasteiger partial charge in [0, 0.05) is 49.4 Å². The van der Waals surface area contributed by atoms with Crippen LogP contribution in [0.25, 0.3) is 11.5 Å². The second-order valence-electron chi connectivity index (χ2n) is 8.06. The van der Waals surface area contributed by atoms with E-state index >= 15 is 0 Å². The van der Waals surface area contributed by atoms with Gasteiger partial charge in [-0.3, -0.25) is 14.8 Å². The van der Waals surface area contributed by atoms with Crippen LogP contribution in [-0.4, -0.2) is 49.0 Å². The predicted molar refractivity (Wildman–Crippen MR) is 117 cm³/mol. The lowest BCUT2D eigenvalue weighted by atomic mass is 9.90. The normalized spacial score (nSPS) is 18.1. The summed E-state index contributed by atoms with van der Waals surface area (Å²) < 4.78 is 5.64. The fourth-order valence-corrected chi connectivity index (χ4v) is 4.11. The summed E-state index contributed by atoms with van der Waals surface area (Å²) in [5, 5.41) is 4.10. The highest BCUT2D eigenvalue weighted by Gasteiger charge is 2.40. The summed E-state index contributed by atoms with van der Waals surface area (Å²) in [7, 11) is 0. The van der Waals surface area contributed by atoms with Crippen LogP contribution in [0.5, 0.6) is 0 Å². The second-order valence-corrected chi connectivity index (χ2v) is 8.06. The van der Waals surface area contributed by atoms with Crippen LogP contribution in [-0.2, 0) is 0 Å². The molecule has 2 atom stereocenters. The van der Waals surface area contributed by atoms with Gasteiger partial charge in [0.15, 0.2) is 0 Å². The van der Waals surface area contributed by atoms with Crippen LogP contribution in [0.2, 0.25) is 0 Å². The molecule has 1 aliphatic rings. The third-order valence-electron chi connectivity index (χ3n) is 6.02. The molecule has 1 fully saturated rings. The number of hydrogen-bond acceptors (Lipinski definition) is 7. The third kappa shape index (κ3) is 3.75. The van der Waals surface area contributed by atoms with E-state index in [1.807, 2.05) is 55.3 Å². The zero-order chi connectivity index (χ0) is 22.1. The van der Waals surface area contributed by atoms with Crippen molar-refractivity contribution in [1.82, 2.24) is 30.0 Å². The number of pyridine rings is 1. The molecule has 32 heavy (non-hydrogen) atoms. The number of rotatable bonds is 4. The summed E-state index contributed by atoms with van der Waals surface area (Å²) in [6, 6.07) is 9.74. The van der Waals surface area contributed by atoms with Gasteiger partial charge in [-0.05, 0) is 48.7 Å². The molecule has 1 amide bonds. The lowest BCUT2D eigenvalue weighted by Crippen LogP contribution is -2.29. The Balaban J connectivity index is 1.47. The van der Waals surface area contributed by atoms with E-state index in [-0.39, 0.29) is 17.7 Å². The third-order valence-corrected chi connectivity index (χ3v) is 6.02. The molecule has 8 heteroatoms. The molecule has 0 radical (unpaired) electrons. The fourth-order valence-electron chi connectivity index (χ4n) is 4.11. The van der Waals surface area contributed by atoms with Gasteiger partial charge in [-0.25, -0.2) is 4.98 Å². The van der Waals surface area contributed by atoms with E-state index in [1.165, 1.54) is 0 Å². The average Bonchev–Trinajstić information content (AvgIpc) is 3.49. The molecule has 1 saturated heterocycles. The molecule has 160 valence electrons. The maximum absolute atomic E-state index is 13.3.